The zero-order valence-corrected chi connectivity index (χ0v) is 26.1. The molecule has 13 nitrogen and oxygen atoms in total. The minimum Gasteiger partial charge on any atom is -0.488 e. The molecule has 45 heavy (non-hydrogen) atoms. The number of aryl methyl sites for hydroxylation is 1. The van der Waals surface area contributed by atoms with Gasteiger partial charge in [0.25, 0.3) is 5.91 Å². The van der Waals surface area contributed by atoms with Gasteiger partial charge >= 0.3 is 6.09 Å². The fraction of sp³-hybridized carbons (Fsp3) is 0.438. The third-order valence-electron chi connectivity index (χ3n) is 7.63. The zero-order chi connectivity index (χ0) is 31.7. The number of amides is 2. The summed E-state index contributed by atoms with van der Waals surface area (Å²) >= 11 is 0. The number of fused-ring (bicyclic) bond motifs is 3. The van der Waals surface area contributed by atoms with Gasteiger partial charge in [-0.25, -0.2) is 19.3 Å². The Kier molecular flexibility index (Phi) is 8.28. The largest absolute Gasteiger partial charge is 0.488 e. The molecule has 2 saturated heterocycles. The third kappa shape index (κ3) is 6.83. The molecule has 6 heterocycles. The summed E-state index contributed by atoms with van der Waals surface area (Å²) in [6, 6.07) is 7.70. The second-order valence-corrected chi connectivity index (χ2v) is 12.4. The van der Waals surface area contributed by atoms with Crippen LogP contribution in [0.1, 0.15) is 56.7 Å². The molecule has 6 rings (SSSR count). The lowest BCUT2D eigenvalue weighted by molar-refractivity contribution is -0.0993. The molecule has 0 aliphatic carbocycles. The standard InChI is InChI=1S/C32H38N8O5/c1-6-33-30(41)26-14-36-29(16-35-26)37-28-13-21-10-20(7-8-39(21)38-28)25-9-19(2)34-15-27(25)44-24-11-22-17-43-18-23(12-24)40(22)31(42)45-32(3,4)5/h7-10,13-16,22-24H,6,11-12,17-18H2,1-5H3,(H,33,41)(H,36,37,38)/t22-,23+,24?. The highest BCUT2D eigenvalue weighted by Gasteiger charge is 2.44. The van der Waals surface area contributed by atoms with Gasteiger partial charge in [0, 0.05) is 42.9 Å². The molecule has 2 bridgehead atoms. The smallest absolute Gasteiger partial charge is 0.410 e. The number of anilines is 2. The van der Waals surface area contributed by atoms with Crippen molar-refractivity contribution in [3.05, 3.63) is 60.4 Å². The average molecular weight is 615 g/mol. The maximum absolute atomic E-state index is 13.0. The van der Waals surface area contributed by atoms with E-state index in [2.05, 4.69) is 30.7 Å². The maximum Gasteiger partial charge on any atom is 0.410 e. The average Bonchev–Trinajstić information content (AvgIpc) is 3.38. The Balaban J connectivity index is 1.19. The number of nitrogens with one attached hydrogen (secondary N) is 2. The molecule has 0 saturated carbocycles. The molecule has 1 unspecified atom stereocenters. The van der Waals surface area contributed by atoms with Gasteiger partial charge in [0.15, 0.2) is 5.82 Å². The Bertz CT molecular complexity index is 1690. The molecule has 0 spiro atoms. The summed E-state index contributed by atoms with van der Waals surface area (Å²) in [7, 11) is 0. The summed E-state index contributed by atoms with van der Waals surface area (Å²) in [6.07, 6.45) is 7.44. The van der Waals surface area contributed by atoms with E-state index in [-0.39, 0.29) is 35.9 Å². The topological polar surface area (TPSA) is 145 Å². The van der Waals surface area contributed by atoms with Gasteiger partial charge in [-0.3, -0.25) is 14.7 Å². The van der Waals surface area contributed by atoms with Crippen molar-refractivity contribution in [1.82, 2.24) is 34.8 Å². The zero-order valence-electron chi connectivity index (χ0n) is 26.1. The van der Waals surface area contributed by atoms with Crippen LogP contribution in [-0.2, 0) is 9.47 Å². The van der Waals surface area contributed by atoms with Gasteiger partial charge in [-0.15, -0.1) is 0 Å². The van der Waals surface area contributed by atoms with Gasteiger partial charge in [0.05, 0.1) is 49.4 Å². The van der Waals surface area contributed by atoms with Gasteiger partial charge in [0.2, 0.25) is 0 Å². The van der Waals surface area contributed by atoms with Crippen molar-refractivity contribution in [1.29, 1.82) is 0 Å². The van der Waals surface area contributed by atoms with Crippen molar-refractivity contribution in [2.45, 2.75) is 71.2 Å². The molecule has 2 N–H and O–H groups in total. The van der Waals surface area contributed by atoms with Gasteiger partial charge in [-0.1, -0.05) is 0 Å². The number of carbonyl (C=O) groups excluding carboxylic acids is 2. The number of carbonyl (C=O) groups is 2. The quantitative estimate of drug-likeness (QED) is 0.304. The van der Waals surface area contributed by atoms with E-state index in [1.54, 1.807) is 10.7 Å². The lowest BCUT2D eigenvalue weighted by atomic mass is 9.92. The summed E-state index contributed by atoms with van der Waals surface area (Å²) < 4.78 is 19.9. The molecule has 4 aromatic rings. The molecule has 0 aromatic carbocycles. The molecule has 236 valence electrons. The van der Waals surface area contributed by atoms with Crippen LogP contribution in [-0.4, -0.2) is 85.0 Å². The lowest BCUT2D eigenvalue weighted by Gasteiger charge is -2.48. The Labute approximate surface area is 261 Å². The van der Waals surface area contributed by atoms with Crippen LogP contribution in [0.2, 0.25) is 0 Å². The summed E-state index contributed by atoms with van der Waals surface area (Å²) in [5.74, 6) is 1.47. The summed E-state index contributed by atoms with van der Waals surface area (Å²) in [5.41, 5.74) is 3.28. The first kappa shape index (κ1) is 30.3. The predicted octanol–water partition coefficient (Wildman–Crippen LogP) is 4.53. The molecule has 2 aliphatic heterocycles. The van der Waals surface area contributed by atoms with Gasteiger partial charge in [0.1, 0.15) is 29.0 Å². The second-order valence-electron chi connectivity index (χ2n) is 12.4. The van der Waals surface area contributed by atoms with Crippen LogP contribution < -0.4 is 15.4 Å². The number of hydrogen-bond acceptors (Lipinski definition) is 10. The fourth-order valence-electron chi connectivity index (χ4n) is 5.74. The van der Waals surface area contributed by atoms with Crippen molar-refractivity contribution >= 4 is 29.2 Å². The molecular formula is C32H38N8O5. The van der Waals surface area contributed by atoms with Gasteiger partial charge < -0.3 is 24.8 Å². The fourth-order valence-corrected chi connectivity index (χ4v) is 5.74. The minimum absolute atomic E-state index is 0.110. The first-order chi connectivity index (χ1) is 21.6. The molecule has 2 amide bonds. The Morgan fingerprint density at radius 3 is 2.49 bits per heavy atom. The first-order valence-electron chi connectivity index (χ1n) is 15.2. The van der Waals surface area contributed by atoms with Gasteiger partial charge in [-0.2, -0.15) is 5.10 Å². The number of ether oxygens (including phenoxy) is 3. The number of rotatable bonds is 7. The van der Waals surface area contributed by atoms with Crippen LogP contribution in [0.4, 0.5) is 16.4 Å². The van der Waals surface area contributed by atoms with Crippen LogP contribution >= 0.6 is 0 Å². The number of aromatic nitrogens is 5. The normalized spacial score (nSPS) is 19.7. The van der Waals surface area contributed by atoms with Crippen LogP contribution in [0.15, 0.2) is 49.1 Å². The van der Waals surface area contributed by atoms with E-state index in [9.17, 15) is 9.59 Å². The van der Waals surface area contributed by atoms with Crippen molar-refractivity contribution in [2.24, 2.45) is 0 Å². The van der Waals surface area contributed by atoms with E-state index in [1.165, 1.54) is 12.4 Å². The number of morpholine rings is 1. The number of piperidine rings is 1. The Hall–Kier alpha value is -4.78. The van der Waals surface area contributed by atoms with Crippen LogP contribution in [0.25, 0.3) is 16.6 Å². The highest BCUT2D eigenvalue weighted by Crippen LogP contribution is 2.36. The molecule has 2 aliphatic rings. The maximum atomic E-state index is 13.0. The number of nitrogens with zero attached hydrogens (tertiary/aromatic N) is 6. The van der Waals surface area contributed by atoms with Crippen molar-refractivity contribution in [3.63, 3.8) is 0 Å². The van der Waals surface area contributed by atoms with E-state index < -0.39 is 5.60 Å². The van der Waals surface area contributed by atoms with E-state index in [0.717, 1.165) is 22.3 Å². The monoisotopic (exact) mass is 614 g/mol. The SMILES string of the molecule is CCNC(=O)c1cnc(Nc2cc3cc(-c4cc(C)ncc4OC4C[C@H]5COC[C@@H](C4)N5C(=O)OC(C)(C)C)ccn3n2)cn1. The summed E-state index contributed by atoms with van der Waals surface area (Å²) in [6.45, 7) is 10.8. The van der Waals surface area contributed by atoms with E-state index in [1.807, 2.05) is 70.0 Å². The molecular weight excluding hydrogens is 576 g/mol. The van der Waals surface area contributed by atoms with E-state index >= 15 is 0 Å². The Morgan fingerprint density at radius 1 is 1.02 bits per heavy atom. The van der Waals surface area contributed by atoms with Crippen molar-refractivity contribution in [2.75, 3.05) is 25.1 Å². The molecule has 2 fully saturated rings. The molecule has 13 heteroatoms. The summed E-state index contributed by atoms with van der Waals surface area (Å²) in [5, 5.41) is 10.5. The highest BCUT2D eigenvalue weighted by molar-refractivity contribution is 5.92. The molecule has 3 atom stereocenters. The molecule has 0 radical (unpaired) electrons. The third-order valence-corrected chi connectivity index (χ3v) is 7.63. The van der Waals surface area contributed by atoms with Crippen LogP contribution in [0, 0.1) is 6.92 Å². The van der Waals surface area contributed by atoms with Crippen molar-refractivity contribution < 1.29 is 23.8 Å². The highest BCUT2D eigenvalue weighted by atomic mass is 16.6. The second kappa shape index (κ2) is 12.3. The first-order valence-corrected chi connectivity index (χ1v) is 15.2. The predicted molar refractivity (Wildman–Crippen MR) is 167 cm³/mol. The van der Waals surface area contributed by atoms with Crippen LogP contribution in [0.5, 0.6) is 5.75 Å². The Morgan fingerprint density at radius 2 is 1.80 bits per heavy atom. The van der Waals surface area contributed by atoms with Crippen LogP contribution in [0.3, 0.4) is 0 Å². The lowest BCUT2D eigenvalue weighted by Crippen LogP contribution is -2.61. The van der Waals surface area contributed by atoms with E-state index in [4.69, 9.17) is 14.2 Å². The summed E-state index contributed by atoms with van der Waals surface area (Å²) in [4.78, 5) is 39.8. The number of pyridine rings is 2. The molecule has 4 aromatic heterocycles. The number of hydrogen-bond donors (Lipinski definition) is 2. The minimum atomic E-state index is -0.567. The van der Waals surface area contributed by atoms with Crippen molar-refractivity contribution in [3.8, 4) is 16.9 Å². The van der Waals surface area contributed by atoms with E-state index in [0.29, 0.717) is 50.0 Å². The van der Waals surface area contributed by atoms with Gasteiger partial charge in [-0.05, 0) is 58.4 Å².